The van der Waals surface area contributed by atoms with Gasteiger partial charge in [-0.3, -0.25) is 4.79 Å². The van der Waals surface area contributed by atoms with Gasteiger partial charge in [-0.05, 0) is 56.3 Å². The molecule has 2 aromatic heterocycles. The topological polar surface area (TPSA) is 70.3 Å². The molecule has 3 aromatic carbocycles. The molecule has 1 N–H and O–H groups in total. The first kappa shape index (κ1) is 27.9. The molecule has 0 aliphatic heterocycles. The van der Waals surface area contributed by atoms with E-state index in [-0.39, 0.29) is 17.1 Å². The molecule has 10 heteroatoms. The van der Waals surface area contributed by atoms with Crippen molar-refractivity contribution in [3.63, 3.8) is 0 Å². The van der Waals surface area contributed by atoms with E-state index in [1.54, 1.807) is 30.1 Å². The number of para-hydroxylation sites is 1. The third kappa shape index (κ3) is 5.95. The van der Waals surface area contributed by atoms with E-state index >= 15 is 0 Å². The number of pyridine rings is 1. The molecule has 5 rings (SSSR count). The highest BCUT2D eigenvalue weighted by atomic mass is 35.5. The minimum absolute atomic E-state index is 0.146. The molecule has 7 nitrogen and oxygen atoms in total. The fourth-order valence-corrected chi connectivity index (χ4v) is 4.71. The number of nitrogens with zero attached hydrogens (tertiary/aromatic N) is 3. The lowest BCUT2D eigenvalue weighted by Gasteiger charge is -2.17. The fraction of sp³-hybridized carbons (Fsp3) is 0.161. The molecule has 0 amide bonds. The van der Waals surface area contributed by atoms with Crippen LogP contribution in [0.4, 0.5) is 14.5 Å². The van der Waals surface area contributed by atoms with E-state index in [0.29, 0.717) is 40.9 Å². The molecule has 0 fully saturated rings. The van der Waals surface area contributed by atoms with Crippen LogP contribution >= 0.6 is 11.6 Å². The molecular weight excluding hydrogens is 550 g/mol. The van der Waals surface area contributed by atoms with Gasteiger partial charge in [-0.1, -0.05) is 29.8 Å². The molecule has 2 heterocycles. The third-order valence-corrected chi connectivity index (χ3v) is 6.85. The van der Waals surface area contributed by atoms with Crippen LogP contribution in [0.5, 0.6) is 17.2 Å². The number of hydrogen-bond donors (Lipinski definition) is 1. The fourth-order valence-electron chi connectivity index (χ4n) is 4.37. The average molecular weight is 577 g/mol. The van der Waals surface area contributed by atoms with Crippen LogP contribution in [0.25, 0.3) is 16.8 Å². The predicted molar refractivity (Wildman–Crippen MR) is 155 cm³/mol. The van der Waals surface area contributed by atoms with E-state index in [4.69, 9.17) is 21.1 Å². The lowest BCUT2D eigenvalue weighted by molar-refractivity contribution is 0.340. The van der Waals surface area contributed by atoms with E-state index in [9.17, 15) is 13.6 Å². The number of nitrogens with one attached hydrogen (secondary N) is 1. The van der Waals surface area contributed by atoms with Crippen LogP contribution in [-0.4, -0.2) is 21.0 Å². The lowest BCUT2D eigenvalue weighted by Crippen LogP contribution is -2.16. The van der Waals surface area contributed by atoms with Crippen molar-refractivity contribution in [1.82, 2.24) is 14.3 Å². The monoisotopic (exact) mass is 576 g/mol. The van der Waals surface area contributed by atoms with Crippen molar-refractivity contribution in [2.45, 2.75) is 20.4 Å². The summed E-state index contributed by atoms with van der Waals surface area (Å²) in [6.07, 6.45) is 1.63. The van der Waals surface area contributed by atoms with Crippen molar-refractivity contribution in [2.24, 2.45) is 7.05 Å². The quantitative estimate of drug-likeness (QED) is 0.200. The molecule has 0 atom stereocenters. The SMILES string of the molecule is CCOc1cc(=O)n(C)cc1-c1cc(NCc2c(C)nn(-c3ccccc3)c2Cl)ccc1Oc1ccc(F)cc1F. The second-order valence-corrected chi connectivity index (χ2v) is 9.63. The van der Waals surface area contributed by atoms with E-state index in [1.807, 2.05) is 50.2 Å². The first-order valence-corrected chi connectivity index (χ1v) is 13.3. The van der Waals surface area contributed by atoms with Gasteiger partial charge in [-0.2, -0.15) is 5.10 Å². The first-order valence-electron chi connectivity index (χ1n) is 12.9. The van der Waals surface area contributed by atoms with Crippen molar-refractivity contribution >= 4 is 17.3 Å². The highest BCUT2D eigenvalue weighted by molar-refractivity contribution is 6.30. The summed E-state index contributed by atoms with van der Waals surface area (Å²) in [7, 11) is 1.62. The standard InChI is InChI=1S/C31H27ClF2N4O3/c1-4-40-29-16-30(39)37(3)18-25(29)23-15-21(11-13-27(23)41-28-12-10-20(33)14-26(28)34)35-17-24-19(2)36-38(31(24)32)22-8-6-5-7-9-22/h5-16,18,35H,4,17H2,1-3H3. The minimum atomic E-state index is -0.843. The van der Waals surface area contributed by atoms with Crippen LogP contribution < -0.4 is 20.3 Å². The summed E-state index contributed by atoms with van der Waals surface area (Å²) in [5, 5.41) is 8.47. The summed E-state index contributed by atoms with van der Waals surface area (Å²) < 4.78 is 42.8. The highest BCUT2D eigenvalue weighted by Gasteiger charge is 2.19. The van der Waals surface area contributed by atoms with Crippen molar-refractivity contribution in [1.29, 1.82) is 0 Å². The van der Waals surface area contributed by atoms with Gasteiger partial charge in [0.2, 0.25) is 0 Å². The minimum Gasteiger partial charge on any atom is -0.493 e. The number of aromatic nitrogens is 3. The number of aryl methyl sites for hydroxylation is 2. The van der Waals surface area contributed by atoms with Crippen molar-refractivity contribution in [3.8, 4) is 34.1 Å². The molecule has 0 saturated carbocycles. The molecular formula is C31H27ClF2N4O3. The Labute approximate surface area is 240 Å². The third-order valence-electron chi connectivity index (χ3n) is 6.47. The highest BCUT2D eigenvalue weighted by Crippen LogP contribution is 2.40. The maximum absolute atomic E-state index is 14.5. The molecule has 0 bridgehead atoms. The van der Waals surface area contributed by atoms with Crippen LogP contribution in [-0.2, 0) is 13.6 Å². The Bertz CT molecular complexity index is 1770. The van der Waals surface area contributed by atoms with Crippen LogP contribution in [0.3, 0.4) is 0 Å². The number of rotatable bonds is 9. The Hall–Kier alpha value is -4.63. The van der Waals surface area contributed by atoms with Crippen LogP contribution in [0, 0.1) is 18.6 Å². The molecule has 0 aliphatic carbocycles. The Balaban J connectivity index is 1.53. The summed E-state index contributed by atoms with van der Waals surface area (Å²) in [4.78, 5) is 12.4. The van der Waals surface area contributed by atoms with Crippen molar-refractivity contribution in [2.75, 3.05) is 11.9 Å². The van der Waals surface area contributed by atoms with E-state index in [2.05, 4.69) is 10.4 Å². The zero-order chi connectivity index (χ0) is 29.1. The molecule has 0 aliphatic rings. The molecule has 0 unspecified atom stereocenters. The molecule has 0 radical (unpaired) electrons. The maximum Gasteiger partial charge on any atom is 0.254 e. The number of benzene rings is 3. The van der Waals surface area contributed by atoms with Crippen LogP contribution in [0.2, 0.25) is 5.15 Å². The molecule has 41 heavy (non-hydrogen) atoms. The summed E-state index contributed by atoms with van der Waals surface area (Å²) in [6.45, 7) is 4.40. The average Bonchev–Trinajstić information content (AvgIpc) is 3.24. The predicted octanol–water partition coefficient (Wildman–Crippen LogP) is 7.28. The summed E-state index contributed by atoms with van der Waals surface area (Å²) in [5.41, 5.74) is 3.98. The Morgan fingerprint density at radius 3 is 2.44 bits per heavy atom. The second-order valence-electron chi connectivity index (χ2n) is 9.28. The van der Waals surface area contributed by atoms with Gasteiger partial charge in [0.15, 0.2) is 11.6 Å². The normalized spacial score (nSPS) is 11.0. The van der Waals surface area contributed by atoms with Gasteiger partial charge in [0, 0.05) is 54.3 Å². The molecule has 5 aromatic rings. The summed E-state index contributed by atoms with van der Waals surface area (Å²) >= 11 is 6.72. The second kappa shape index (κ2) is 11.9. The van der Waals surface area contributed by atoms with Gasteiger partial charge in [0.25, 0.3) is 5.56 Å². The smallest absolute Gasteiger partial charge is 0.254 e. The van der Waals surface area contributed by atoms with Crippen LogP contribution in [0.1, 0.15) is 18.2 Å². The largest absolute Gasteiger partial charge is 0.493 e. The molecule has 210 valence electrons. The zero-order valence-corrected chi connectivity index (χ0v) is 23.4. The Kier molecular flexibility index (Phi) is 8.07. The Morgan fingerprint density at radius 2 is 1.71 bits per heavy atom. The maximum atomic E-state index is 14.5. The summed E-state index contributed by atoms with van der Waals surface area (Å²) in [6, 6.07) is 19.3. The number of ether oxygens (including phenoxy) is 2. The van der Waals surface area contributed by atoms with E-state index in [0.717, 1.165) is 29.1 Å². The lowest BCUT2D eigenvalue weighted by atomic mass is 10.0. The van der Waals surface area contributed by atoms with Gasteiger partial charge in [-0.15, -0.1) is 0 Å². The van der Waals surface area contributed by atoms with E-state index < -0.39 is 11.6 Å². The molecule has 0 spiro atoms. The first-order chi connectivity index (χ1) is 19.7. The number of anilines is 1. The zero-order valence-electron chi connectivity index (χ0n) is 22.6. The van der Waals surface area contributed by atoms with Crippen molar-refractivity contribution in [3.05, 3.63) is 117 Å². The van der Waals surface area contributed by atoms with Gasteiger partial charge < -0.3 is 19.4 Å². The number of hydrogen-bond acceptors (Lipinski definition) is 5. The Morgan fingerprint density at radius 1 is 0.951 bits per heavy atom. The van der Waals surface area contributed by atoms with E-state index in [1.165, 1.54) is 16.7 Å². The number of halogens is 3. The van der Waals surface area contributed by atoms with Gasteiger partial charge in [-0.25, -0.2) is 13.5 Å². The van der Waals surface area contributed by atoms with Gasteiger partial charge in [0.05, 0.1) is 18.0 Å². The summed E-state index contributed by atoms with van der Waals surface area (Å²) in [5.74, 6) is -1.07. The van der Waals surface area contributed by atoms with Gasteiger partial charge >= 0.3 is 0 Å². The van der Waals surface area contributed by atoms with Crippen molar-refractivity contribution < 1.29 is 18.3 Å². The van der Waals surface area contributed by atoms with Crippen LogP contribution in [0.15, 0.2) is 83.8 Å². The molecule has 0 saturated heterocycles. The van der Waals surface area contributed by atoms with Gasteiger partial charge in [0.1, 0.15) is 22.5 Å².